The van der Waals surface area contributed by atoms with E-state index in [1.54, 1.807) is 6.08 Å². The quantitative estimate of drug-likeness (QED) is 0.613. The molecule has 0 aliphatic carbocycles. The summed E-state index contributed by atoms with van der Waals surface area (Å²) in [5.74, 6) is 2.40. The Bertz CT molecular complexity index is 203. The monoisotopic (exact) mass is 224 g/mol. The Balaban J connectivity index is 3.62. The lowest BCUT2D eigenvalue weighted by Crippen LogP contribution is -2.05. The number of hydrogen-bond acceptors (Lipinski definition) is 1. The smallest absolute Gasteiger partial charge is 0.0615 e. The molecule has 0 radical (unpaired) electrons. The summed E-state index contributed by atoms with van der Waals surface area (Å²) in [4.78, 5) is 0. The van der Waals surface area contributed by atoms with Crippen LogP contribution in [0.1, 0.15) is 47.0 Å². The van der Waals surface area contributed by atoms with Crippen LogP contribution in [0.25, 0.3) is 0 Å². The van der Waals surface area contributed by atoms with Crippen LogP contribution < -0.4 is 0 Å². The molecule has 2 unspecified atom stereocenters. The number of hydrogen-bond donors (Lipinski definition) is 1. The van der Waals surface area contributed by atoms with Crippen LogP contribution in [0.4, 0.5) is 0 Å². The van der Waals surface area contributed by atoms with E-state index in [0.29, 0.717) is 0 Å². The molecule has 0 saturated carbocycles. The molecule has 0 aliphatic rings. The van der Waals surface area contributed by atoms with Crippen LogP contribution in [-0.4, -0.2) is 11.7 Å². The van der Waals surface area contributed by atoms with E-state index in [4.69, 9.17) is 5.11 Å². The van der Waals surface area contributed by atoms with Gasteiger partial charge in [-0.25, -0.2) is 0 Å². The molecule has 0 aromatic rings. The van der Waals surface area contributed by atoms with Gasteiger partial charge in [0.05, 0.1) is 6.61 Å². The summed E-state index contributed by atoms with van der Waals surface area (Å²) in [7, 11) is 0. The Morgan fingerprint density at radius 3 is 2.12 bits per heavy atom. The maximum Gasteiger partial charge on any atom is 0.0615 e. The van der Waals surface area contributed by atoms with E-state index in [-0.39, 0.29) is 6.61 Å². The molecule has 0 heterocycles. The van der Waals surface area contributed by atoms with Crippen molar-refractivity contribution in [2.45, 2.75) is 47.0 Å². The normalized spacial score (nSPS) is 16.4. The molecule has 0 bridgehead atoms. The molecule has 16 heavy (non-hydrogen) atoms. The van der Waals surface area contributed by atoms with E-state index < -0.39 is 0 Å². The van der Waals surface area contributed by atoms with Crippen molar-refractivity contribution in [1.29, 1.82) is 0 Å². The van der Waals surface area contributed by atoms with Crippen molar-refractivity contribution in [2.24, 2.45) is 17.8 Å². The van der Waals surface area contributed by atoms with Gasteiger partial charge in [0.15, 0.2) is 0 Å². The van der Waals surface area contributed by atoms with Crippen LogP contribution in [0.15, 0.2) is 24.3 Å². The zero-order valence-corrected chi connectivity index (χ0v) is 11.3. The second-order valence-electron chi connectivity index (χ2n) is 5.18. The number of aliphatic hydroxyl groups excluding tert-OH is 1. The third kappa shape index (κ3) is 8.72. The van der Waals surface area contributed by atoms with Gasteiger partial charge < -0.3 is 5.11 Å². The highest BCUT2D eigenvalue weighted by Crippen LogP contribution is 2.20. The molecule has 0 fully saturated rings. The fraction of sp³-hybridized carbons (Fsp3) is 0.733. The van der Waals surface area contributed by atoms with E-state index in [1.807, 2.05) is 12.2 Å². The molecule has 1 N–H and O–H groups in total. The average Bonchev–Trinajstić information content (AvgIpc) is 2.25. The van der Waals surface area contributed by atoms with Crippen LogP contribution in [0.2, 0.25) is 0 Å². The lowest BCUT2D eigenvalue weighted by Gasteiger charge is -2.17. The predicted octanol–water partition coefficient (Wildman–Crippen LogP) is 4.19. The second-order valence-corrected chi connectivity index (χ2v) is 5.18. The molecule has 2 atom stereocenters. The van der Waals surface area contributed by atoms with Gasteiger partial charge in [-0.15, -0.1) is 0 Å². The molecule has 1 nitrogen and oxygen atoms in total. The van der Waals surface area contributed by atoms with Crippen molar-refractivity contribution in [3.05, 3.63) is 24.3 Å². The van der Waals surface area contributed by atoms with Crippen LogP contribution in [0, 0.1) is 17.8 Å². The summed E-state index contributed by atoms with van der Waals surface area (Å²) < 4.78 is 0. The maximum atomic E-state index is 8.55. The highest BCUT2D eigenvalue weighted by atomic mass is 16.2. The van der Waals surface area contributed by atoms with Crippen LogP contribution in [0.5, 0.6) is 0 Å². The molecule has 0 rings (SSSR count). The van der Waals surface area contributed by atoms with Gasteiger partial charge in [0.2, 0.25) is 0 Å². The van der Waals surface area contributed by atoms with Gasteiger partial charge in [0.25, 0.3) is 0 Å². The van der Waals surface area contributed by atoms with Gasteiger partial charge in [-0.1, -0.05) is 64.8 Å². The fourth-order valence-corrected chi connectivity index (χ4v) is 1.53. The minimum atomic E-state index is 0.131. The SMILES string of the molecule is CC(C/C=C/C=C/CO)CCC(C)C(C)C. The van der Waals surface area contributed by atoms with E-state index in [1.165, 1.54) is 12.8 Å². The van der Waals surface area contributed by atoms with Crippen molar-refractivity contribution in [1.82, 2.24) is 0 Å². The van der Waals surface area contributed by atoms with Gasteiger partial charge in [0, 0.05) is 0 Å². The van der Waals surface area contributed by atoms with Crippen molar-refractivity contribution in [2.75, 3.05) is 6.61 Å². The number of allylic oxidation sites excluding steroid dienone is 3. The highest BCUT2D eigenvalue weighted by molar-refractivity contribution is 5.02. The minimum Gasteiger partial charge on any atom is -0.392 e. The van der Waals surface area contributed by atoms with Gasteiger partial charge in [-0.3, -0.25) is 0 Å². The standard InChI is InChI=1S/C15H28O/c1-13(2)15(4)11-10-14(3)9-7-5-6-8-12-16/h5-8,13-16H,9-12H2,1-4H3/b7-5+,8-6+. The van der Waals surface area contributed by atoms with Crippen LogP contribution in [-0.2, 0) is 0 Å². The molecule has 0 spiro atoms. The lowest BCUT2D eigenvalue weighted by molar-refractivity contribution is 0.342. The van der Waals surface area contributed by atoms with Crippen molar-refractivity contribution < 1.29 is 5.11 Å². The minimum absolute atomic E-state index is 0.131. The van der Waals surface area contributed by atoms with Gasteiger partial charge in [-0.05, 0) is 24.2 Å². The Hall–Kier alpha value is -0.560. The average molecular weight is 224 g/mol. The largest absolute Gasteiger partial charge is 0.392 e. The zero-order valence-electron chi connectivity index (χ0n) is 11.3. The van der Waals surface area contributed by atoms with Crippen LogP contribution >= 0.6 is 0 Å². The number of rotatable bonds is 8. The molecule has 0 aromatic carbocycles. The maximum absolute atomic E-state index is 8.55. The molecule has 0 amide bonds. The summed E-state index contributed by atoms with van der Waals surface area (Å²) in [6, 6.07) is 0. The third-order valence-corrected chi connectivity index (χ3v) is 3.28. The molecule has 1 heteroatoms. The van der Waals surface area contributed by atoms with E-state index >= 15 is 0 Å². The van der Waals surface area contributed by atoms with Crippen molar-refractivity contribution in [3.63, 3.8) is 0 Å². The zero-order chi connectivity index (χ0) is 12.4. The van der Waals surface area contributed by atoms with Gasteiger partial charge in [0.1, 0.15) is 0 Å². The summed E-state index contributed by atoms with van der Waals surface area (Å²) in [6.07, 6.45) is 11.7. The molecule has 0 aliphatic heterocycles. The van der Waals surface area contributed by atoms with Gasteiger partial charge in [-0.2, -0.15) is 0 Å². The van der Waals surface area contributed by atoms with E-state index in [2.05, 4.69) is 33.8 Å². The Kier molecular flexibility index (Phi) is 9.31. The Morgan fingerprint density at radius 1 is 0.938 bits per heavy atom. The first-order chi connectivity index (χ1) is 7.57. The first-order valence-corrected chi connectivity index (χ1v) is 6.50. The molecule has 94 valence electrons. The molecular formula is C15H28O. The summed E-state index contributed by atoms with van der Waals surface area (Å²) in [5.41, 5.74) is 0. The first kappa shape index (κ1) is 15.4. The van der Waals surface area contributed by atoms with Gasteiger partial charge >= 0.3 is 0 Å². The predicted molar refractivity (Wildman–Crippen MR) is 72.4 cm³/mol. The van der Waals surface area contributed by atoms with Crippen LogP contribution in [0.3, 0.4) is 0 Å². The number of aliphatic hydroxyl groups is 1. The summed E-state index contributed by atoms with van der Waals surface area (Å²) >= 11 is 0. The lowest BCUT2D eigenvalue weighted by atomic mass is 9.89. The Labute approximate surface area is 101 Å². The topological polar surface area (TPSA) is 20.2 Å². The summed E-state index contributed by atoms with van der Waals surface area (Å²) in [5, 5.41) is 8.55. The van der Waals surface area contributed by atoms with E-state index in [0.717, 1.165) is 24.2 Å². The first-order valence-electron chi connectivity index (χ1n) is 6.50. The third-order valence-electron chi connectivity index (χ3n) is 3.28. The Morgan fingerprint density at radius 2 is 1.56 bits per heavy atom. The highest BCUT2D eigenvalue weighted by Gasteiger charge is 2.08. The fourth-order valence-electron chi connectivity index (χ4n) is 1.53. The molecule has 0 aromatic heterocycles. The molecular weight excluding hydrogens is 196 g/mol. The van der Waals surface area contributed by atoms with E-state index in [9.17, 15) is 0 Å². The second kappa shape index (κ2) is 9.65. The van der Waals surface area contributed by atoms with Crippen molar-refractivity contribution >= 4 is 0 Å². The summed E-state index contributed by atoms with van der Waals surface area (Å²) in [6.45, 7) is 9.39. The van der Waals surface area contributed by atoms with Crippen molar-refractivity contribution in [3.8, 4) is 0 Å². The molecule has 0 saturated heterocycles.